The van der Waals surface area contributed by atoms with Crippen molar-refractivity contribution in [3.05, 3.63) is 29.8 Å². The van der Waals surface area contributed by atoms with E-state index >= 15 is 0 Å². The molecule has 0 aliphatic heterocycles. The number of hydrogen-bond acceptors (Lipinski definition) is 4. The summed E-state index contributed by atoms with van der Waals surface area (Å²) in [5, 5.41) is 5.93. The van der Waals surface area contributed by atoms with Gasteiger partial charge in [-0.3, -0.25) is 4.79 Å². The predicted molar refractivity (Wildman–Crippen MR) is 74.3 cm³/mol. The van der Waals surface area contributed by atoms with E-state index in [9.17, 15) is 4.79 Å². The Morgan fingerprint density at radius 1 is 1.37 bits per heavy atom. The Kier molecular flexibility index (Phi) is 6.92. The maximum absolute atomic E-state index is 11.7. The molecule has 0 saturated heterocycles. The molecule has 0 fully saturated rings. The van der Waals surface area contributed by atoms with Gasteiger partial charge in [0.1, 0.15) is 5.75 Å². The van der Waals surface area contributed by atoms with E-state index in [1.165, 1.54) is 0 Å². The van der Waals surface area contributed by atoms with Gasteiger partial charge in [0.25, 0.3) is 0 Å². The highest BCUT2D eigenvalue weighted by atomic mass is 16.5. The maximum atomic E-state index is 11.7. The van der Waals surface area contributed by atoms with Crippen LogP contribution in [-0.2, 0) is 9.53 Å². The van der Waals surface area contributed by atoms with Crippen LogP contribution in [0.4, 0.5) is 0 Å². The van der Waals surface area contributed by atoms with Gasteiger partial charge in [-0.15, -0.1) is 0 Å². The van der Waals surface area contributed by atoms with Gasteiger partial charge in [-0.1, -0.05) is 12.1 Å². The molecule has 1 amide bonds. The molecule has 0 aromatic heterocycles. The molecule has 0 spiro atoms. The highest BCUT2D eigenvalue weighted by Crippen LogP contribution is 2.18. The van der Waals surface area contributed by atoms with Crippen LogP contribution < -0.4 is 15.4 Å². The topological polar surface area (TPSA) is 59.6 Å². The second-order valence-electron chi connectivity index (χ2n) is 4.24. The van der Waals surface area contributed by atoms with Crippen molar-refractivity contribution in [1.82, 2.24) is 10.6 Å². The number of carbonyl (C=O) groups excluding carboxylic acids is 1. The van der Waals surface area contributed by atoms with E-state index in [-0.39, 0.29) is 18.5 Å². The number of amides is 1. The lowest BCUT2D eigenvalue weighted by Crippen LogP contribution is -2.36. The van der Waals surface area contributed by atoms with E-state index in [1.54, 1.807) is 14.2 Å². The molecule has 0 saturated carbocycles. The Balaban J connectivity index is 2.40. The van der Waals surface area contributed by atoms with E-state index in [0.717, 1.165) is 11.3 Å². The highest BCUT2D eigenvalue weighted by Gasteiger charge is 2.09. The van der Waals surface area contributed by atoms with Crippen molar-refractivity contribution >= 4 is 5.91 Å². The molecule has 1 rings (SSSR count). The van der Waals surface area contributed by atoms with Crippen molar-refractivity contribution < 1.29 is 14.3 Å². The van der Waals surface area contributed by atoms with Crippen molar-refractivity contribution in [2.45, 2.75) is 13.0 Å². The summed E-state index contributed by atoms with van der Waals surface area (Å²) in [5.74, 6) is 0.753. The number of nitrogens with one attached hydrogen (secondary N) is 2. The Hall–Kier alpha value is -1.59. The summed E-state index contributed by atoms with van der Waals surface area (Å²) in [6, 6.07) is 7.62. The molecule has 106 valence electrons. The van der Waals surface area contributed by atoms with Crippen LogP contribution in [0.5, 0.6) is 5.75 Å². The average Bonchev–Trinajstić information content (AvgIpc) is 2.43. The lowest BCUT2D eigenvalue weighted by atomic mass is 10.1. The third-order valence-corrected chi connectivity index (χ3v) is 2.74. The Morgan fingerprint density at radius 3 is 2.84 bits per heavy atom. The zero-order valence-electron chi connectivity index (χ0n) is 11.7. The summed E-state index contributed by atoms with van der Waals surface area (Å²) in [6.45, 7) is 3.50. The Labute approximate surface area is 114 Å². The molecule has 0 radical (unpaired) electrons. The quantitative estimate of drug-likeness (QED) is 0.692. The summed E-state index contributed by atoms with van der Waals surface area (Å²) in [4.78, 5) is 11.7. The third kappa shape index (κ3) is 5.72. The van der Waals surface area contributed by atoms with Gasteiger partial charge in [0.05, 0.1) is 26.3 Å². The van der Waals surface area contributed by atoms with Gasteiger partial charge in [0.15, 0.2) is 0 Å². The summed E-state index contributed by atoms with van der Waals surface area (Å²) >= 11 is 0. The highest BCUT2D eigenvalue weighted by molar-refractivity contribution is 5.78. The van der Waals surface area contributed by atoms with Crippen LogP contribution in [0.3, 0.4) is 0 Å². The van der Waals surface area contributed by atoms with Gasteiger partial charge in [-0.2, -0.15) is 0 Å². The van der Waals surface area contributed by atoms with Crippen molar-refractivity contribution in [3.63, 3.8) is 0 Å². The summed E-state index contributed by atoms with van der Waals surface area (Å²) in [7, 11) is 3.26. The molecule has 0 heterocycles. The van der Waals surface area contributed by atoms with Crippen molar-refractivity contribution in [2.24, 2.45) is 0 Å². The minimum absolute atomic E-state index is 0.0357. The van der Waals surface area contributed by atoms with E-state index in [2.05, 4.69) is 10.6 Å². The first-order valence-electron chi connectivity index (χ1n) is 6.30. The summed E-state index contributed by atoms with van der Waals surface area (Å²) in [5.41, 5.74) is 1.02. The number of benzene rings is 1. The van der Waals surface area contributed by atoms with Gasteiger partial charge in [0, 0.05) is 13.7 Å². The fraction of sp³-hybridized carbons (Fsp3) is 0.500. The monoisotopic (exact) mass is 266 g/mol. The zero-order valence-corrected chi connectivity index (χ0v) is 11.7. The van der Waals surface area contributed by atoms with Crippen molar-refractivity contribution in [2.75, 3.05) is 33.9 Å². The molecule has 2 N–H and O–H groups in total. The fourth-order valence-electron chi connectivity index (χ4n) is 1.66. The van der Waals surface area contributed by atoms with Gasteiger partial charge < -0.3 is 20.1 Å². The second kappa shape index (κ2) is 8.50. The Bertz CT molecular complexity index is 396. The molecule has 5 nitrogen and oxygen atoms in total. The van der Waals surface area contributed by atoms with E-state index in [1.807, 2.05) is 31.2 Å². The van der Waals surface area contributed by atoms with E-state index < -0.39 is 0 Å². The average molecular weight is 266 g/mol. The van der Waals surface area contributed by atoms with Crippen LogP contribution in [0.2, 0.25) is 0 Å². The Morgan fingerprint density at radius 2 is 2.16 bits per heavy atom. The van der Waals surface area contributed by atoms with Crippen LogP contribution in [0, 0.1) is 0 Å². The first-order valence-corrected chi connectivity index (χ1v) is 6.30. The number of ether oxygens (including phenoxy) is 2. The maximum Gasteiger partial charge on any atom is 0.234 e. The van der Waals surface area contributed by atoms with Crippen LogP contribution in [-0.4, -0.2) is 39.8 Å². The lowest BCUT2D eigenvalue weighted by molar-refractivity contribution is -0.120. The molecule has 0 bridgehead atoms. The molecule has 1 aromatic carbocycles. The van der Waals surface area contributed by atoms with Gasteiger partial charge >= 0.3 is 0 Å². The number of carbonyl (C=O) groups is 1. The van der Waals surface area contributed by atoms with Crippen molar-refractivity contribution in [1.29, 1.82) is 0 Å². The molecule has 0 unspecified atom stereocenters. The molecule has 1 aromatic rings. The number of methoxy groups -OCH3 is 2. The standard InChI is InChI=1S/C14H22N2O3/c1-11(12-5-4-6-13(9-12)19-3)16-14(17)10-15-7-8-18-2/h4-6,9,11,15H,7-8,10H2,1-3H3,(H,16,17)/t11-/m1/s1. The van der Waals surface area contributed by atoms with Crippen LogP contribution in [0.25, 0.3) is 0 Å². The van der Waals surface area contributed by atoms with Crippen LogP contribution in [0.15, 0.2) is 24.3 Å². The van der Waals surface area contributed by atoms with Crippen molar-refractivity contribution in [3.8, 4) is 5.75 Å². The second-order valence-corrected chi connectivity index (χ2v) is 4.24. The number of rotatable bonds is 8. The zero-order chi connectivity index (χ0) is 14.1. The number of hydrogen-bond donors (Lipinski definition) is 2. The smallest absolute Gasteiger partial charge is 0.234 e. The van der Waals surface area contributed by atoms with E-state index in [0.29, 0.717) is 13.2 Å². The molecule has 0 aliphatic rings. The molecule has 1 atom stereocenters. The van der Waals surface area contributed by atoms with Crippen LogP contribution in [0.1, 0.15) is 18.5 Å². The molecule has 19 heavy (non-hydrogen) atoms. The fourth-order valence-corrected chi connectivity index (χ4v) is 1.66. The molecule has 5 heteroatoms. The predicted octanol–water partition coefficient (Wildman–Crippen LogP) is 1.11. The first-order chi connectivity index (χ1) is 9.17. The SMILES string of the molecule is COCCNCC(=O)N[C@H](C)c1cccc(OC)c1. The summed E-state index contributed by atoms with van der Waals surface area (Å²) < 4.78 is 10.1. The molecular formula is C14H22N2O3. The first kappa shape index (κ1) is 15.5. The van der Waals surface area contributed by atoms with Gasteiger partial charge in [-0.25, -0.2) is 0 Å². The minimum Gasteiger partial charge on any atom is -0.497 e. The van der Waals surface area contributed by atoms with Gasteiger partial charge in [-0.05, 0) is 24.6 Å². The molecular weight excluding hydrogens is 244 g/mol. The lowest BCUT2D eigenvalue weighted by Gasteiger charge is -2.15. The minimum atomic E-state index is -0.0492. The van der Waals surface area contributed by atoms with E-state index in [4.69, 9.17) is 9.47 Å². The van der Waals surface area contributed by atoms with Gasteiger partial charge in [0.2, 0.25) is 5.91 Å². The third-order valence-electron chi connectivity index (χ3n) is 2.74. The van der Waals surface area contributed by atoms with Crippen LogP contribution >= 0.6 is 0 Å². The molecule has 0 aliphatic carbocycles. The summed E-state index contributed by atoms with van der Waals surface area (Å²) in [6.07, 6.45) is 0. The largest absolute Gasteiger partial charge is 0.497 e. The normalized spacial score (nSPS) is 11.9.